The second-order valence-corrected chi connectivity index (χ2v) is 4.92. The van der Waals surface area contributed by atoms with E-state index in [1.807, 2.05) is 44.2 Å². The van der Waals surface area contributed by atoms with Crippen LogP contribution in [0.15, 0.2) is 36.4 Å². The molecule has 1 heterocycles. The highest BCUT2D eigenvalue weighted by Gasteiger charge is 2.24. The summed E-state index contributed by atoms with van der Waals surface area (Å²) in [5.74, 6) is -0.260. The fraction of sp³-hybridized carbons (Fsp3) is 0.333. The molecule has 1 unspecified atom stereocenters. The molecule has 2 aromatic rings. The topological polar surface area (TPSA) is 62.2 Å². The summed E-state index contributed by atoms with van der Waals surface area (Å²) in [6.45, 7) is 3.64. The maximum Gasteiger partial charge on any atom is 0.270 e. The number of fused-ring (bicyclic) bond motifs is 1. The molecule has 0 aliphatic carbocycles. The van der Waals surface area contributed by atoms with Gasteiger partial charge in [0.1, 0.15) is 5.69 Å². The second kappa shape index (κ2) is 5.36. The van der Waals surface area contributed by atoms with Crippen LogP contribution in [-0.4, -0.2) is 28.1 Å². The van der Waals surface area contributed by atoms with Gasteiger partial charge >= 0.3 is 0 Å². The number of para-hydroxylation sites is 1. The van der Waals surface area contributed by atoms with Crippen LogP contribution < -0.4 is 5.32 Å². The highest BCUT2D eigenvalue weighted by atomic mass is 16.3. The fourth-order valence-electron chi connectivity index (χ4n) is 1.77. The smallest absolute Gasteiger partial charge is 0.270 e. The molecule has 1 aromatic heterocycles. The molecule has 0 fully saturated rings. The number of benzene rings is 1. The number of hydrogen-bond acceptors (Lipinski definition) is 3. The largest absolute Gasteiger partial charge is 0.394 e. The maximum absolute atomic E-state index is 12.1. The Hall–Kier alpha value is -1.94. The summed E-state index contributed by atoms with van der Waals surface area (Å²) in [5, 5.41) is 13.1. The molecule has 19 heavy (non-hydrogen) atoms. The van der Waals surface area contributed by atoms with Gasteiger partial charge in [-0.05, 0) is 25.5 Å². The van der Waals surface area contributed by atoms with Gasteiger partial charge in [-0.25, -0.2) is 4.98 Å². The van der Waals surface area contributed by atoms with Crippen LogP contribution in [0.1, 0.15) is 30.8 Å². The molecular weight excluding hydrogens is 240 g/mol. The Morgan fingerprint density at radius 1 is 1.32 bits per heavy atom. The van der Waals surface area contributed by atoms with Crippen molar-refractivity contribution in [3.63, 3.8) is 0 Å². The van der Waals surface area contributed by atoms with Gasteiger partial charge in [0, 0.05) is 5.39 Å². The number of aliphatic hydroxyl groups is 1. The Balaban J connectivity index is 2.26. The fourth-order valence-corrected chi connectivity index (χ4v) is 1.77. The summed E-state index contributed by atoms with van der Waals surface area (Å²) in [7, 11) is 0. The van der Waals surface area contributed by atoms with Gasteiger partial charge in [-0.1, -0.05) is 31.2 Å². The molecule has 0 aliphatic heterocycles. The number of hydrogen-bond donors (Lipinski definition) is 2. The predicted molar refractivity (Wildman–Crippen MR) is 75.0 cm³/mol. The van der Waals surface area contributed by atoms with E-state index in [9.17, 15) is 9.90 Å². The van der Waals surface area contributed by atoms with E-state index in [4.69, 9.17) is 0 Å². The highest BCUT2D eigenvalue weighted by molar-refractivity contribution is 5.95. The summed E-state index contributed by atoms with van der Waals surface area (Å²) >= 11 is 0. The van der Waals surface area contributed by atoms with Crippen molar-refractivity contribution < 1.29 is 9.90 Å². The lowest BCUT2D eigenvalue weighted by molar-refractivity contribution is 0.0842. The zero-order valence-electron chi connectivity index (χ0n) is 11.2. The number of nitrogens with zero attached hydrogens (tertiary/aromatic N) is 1. The van der Waals surface area contributed by atoms with Gasteiger partial charge < -0.3 is 10.4 Å². The van der Waals surface area contributed by atoms with Crippen LogP contribution in [0.2, 0.25) is 0 Å². The first-order valence-corrected chi connectivity index (χ1v) is 6.37. The van der Waals surface area contributed by atoms with Crippen LogP contribution in [0.5, 0.6) is 0 Å². The van der Waals surface area contributed by atoms with Crippen LogP contribution >= 0.6 is 0 Å². The number of aromatic nitrogens is 1. The van der Waals surface area contributed by atoms with Gasteiger partial charge in [0.05, 0.1) is 17.7 Å². The molecule has 2 N–H and O–H groups in total. The minimum Gasteiger partial charge on any atom is -0.394 e. The lowest BCUT2D eigenvalue weighted by Crippen LogP contribution is -2.48. The molecule has 0 spiro atoms. The summed E-state index contributed by atoms with van der Waals surface area (Å²) in [4.78, 5) is 16.5. The normalized spacial score (nSPS) is 14.1. The average molecular weight is 258 g/mol. The standard InChI is InChI=1S/C15H18N2O2/c1-3-15(2,10-18)17-14(19)13-9-8-11-6-4-5-7-12(11)16-13/h4-9,18H,3,10H2,1-2H3,(H,17,19). The molecule has 0 saturated carbocycles. The lowest BCUT2D eigenvalue weighted by atomic mass is 10.00. The van der Waals surface area contributed by atoms with Gasteiger partial charge in [0.25, 0.3) is 5.91 Å². The predicted octanol–water partition coefficient (Wildman–Crippen LogP) is 2.13. The van der Waals surface area contributed by atoms with Crippen molar-refractivity contribution in [1.82, 2.24) is 10.3 Å². The first kappa shape index (κ1) is 13.5. The Bertz CT molecular complexity index is 591. The van der Waals surface area contributed by atoms with Crippen LogP contribution in [-0.2, 0) is 0 Å². The van der Waals surface area contributed by atoms with Crippen molar-refractivity contribution in [3.05, 3.63) is 42.1 Å². The number of aliphatic hydroxyl groups excluding tert-OH is 1. The molecule has 4 heteroatoms. The summed E-state index contributed by atoms with van der Waals surface area (Å²) < 4.78 is 0. The summed E-state index contributed by atoms with van der Waals surface area (Å²) in [5.41, 5.74) is 0.550. The van der Waals surface area contributed by atoms with Crippen molar-refractivity contribution in [2.45, 2.75) is 25.8 Å². The number of carbonyl (C=O) groups excluding carboxylic acids is 1. The number of pyridine rings is 1. The molecule has 4 nitrogen and oxygen atoms in total. The molecular formula is C15H18N2O2. The first-order valence-electron chi connectivity index (χ1n) is 6.37. The molecule has 1 atom stereocenters. The van der Waals surface area contributed by atoms with Crippen molar-refractivity contribution in [1.29, 1.82) is 0 Å². The Morgan fingerprint density at radius 3 is 2.74 bits per heavy atom. The summed E-state index contributed by atoms with van der Waals surface area (Å²) in [6, 6.07) is 11.2. The van der Waals surface area contributed by atoms with Gasteiger partial charge in [-0.3, -0.25) is 4.79 Å². The van der Waals surface area contributed by atoms with Gasteiger partial charge in [-0.15, -0.1) is 0 Å². The number of amides is 1. The molecule has 0 radical (unpaired) electrons. The van der Waals surface area contributed by atoms with Crippen molar-refractivity contribution >= 4 is 16.8 Å². The van der Waals surface area contributed by atoms with E-state index in [1.54, 1.807) is 6.07 Å². The first-order chi connectivity index (χ1) is 9.08. The van der Waals surface area contributed by atoms with Crippen molar-refractivity contribution in [2.24, 2.45) is 0 Å². The van der Waals surface area contributed by atoms with E-state index in [-0.39, 0.29) is 12.5 Å². The minimum atomic E-state index is -0.607. The van der Waals surface area contributed by atoms with Crippen LogP contribution in [0.3, 0.4) is 0 Å². The van der Waals surface area contributed by atoms with Crippen molar-refractivity contribution in [2.75, 3.05) is 6.61 Å². The third kappa shape index (κ3) is 2.90. The van der Waals surface area contributed by atoms with Gasteiger partial charge in [0.15, 0.2) is 0 Å². The van der Waals surface area contributed by atoms with Crippen molar-refractivity contribution in [3.8, 4) is 0 Å². The quantitative estimate of drug-likeness (QED) is 0.883. The van der Waals surface area contributed by atoms with Crippen LogP contribution in [0.25, 0.3) is 10.9 Å². The minimum absolute atomic E-state index is 0.0944. The Labute approximate surface area is 112 Å². The van der Waals surface area contributed by atoms with Crippen LogP contribution in [0.4, 0.5) is 0 Å². The van der Waals surface area contributed by atoms with E-state index in [2.05, 4.69) is 10.3 Å². The monoisotopic (exact) mass is 258 g/mol. The maximum atomic E-state index is 12.1. The van der Waals surface area contributed by atoms with Gasteiger partial charge in [-0.2, -0.15) is 0 Å². The average Bonchev–Trinajstić information content (AvgIpc) is 2.46. The van der Waals surface area contributed by atoms with E-state index >= 15 is 0 Å². The number of carbonyl (C=O) groups is 1. The SMILES string of the molecule is CCC(C)(CO)NC(=O)c1ccc2ccccc2n1. The van der Waals surface area contributed by atoms with Crippen LogP contribution in [0, 0.1) is 0 Å². The zero-order valence-corrected chi connectivity index (χ0v) is 11.2. The van der Waals surface area contributed by atoms with Gasteiger partial charge in [0.2, 0.25) is 0 Å². The van der Waals surface area contributed by atoms with E-state index in [0.717, 1.165) is 10.9 Å². The van der Waals surface area contributed by atoms with E-state index in [1.165, 1.54) is 0 Å². The van der Waals surface area contributed by atoms with E-state index in [0.29, 0.717) is 12.1 Å². The molecule has 1 aromatic carbocycles. The highest BCUT2D eigenvalue weighted by Crippen LogP contribution is 2.13. The number of nitrogens with one attached hydrogen (secondary N) is 1. The molecule has 0 bridgehead atoms. The third-order valence-corrected chi connectivity index (χ3v) is 3.38. The lowest BCUT2D eigenvalue weighted by Gasteiger charge is -2.26. The third-order valence-electron chi connectivity index (χ3n) is 3.38. The molecule has 2 rings (SSSR count). The molecule has 0 aliphatic rings. The Kier molecular flexibility index (Phi) is 3.81. The molecule has 100 valence electrons. The molecule has 1 amide bonds. The molecule has 0 saturated heterocycles. The summed E-state index contributed by atoms with van der Waals surface area (Å²) in [6.07, 6.45) is 0.656. The zero-order chi connectivity index (χ0) is 13.9. The second-order valence-electron chi connectivity index (χ2n) is 4.92. The van der Waals surface area contributed by atoms with E-state index < -0.39 is 5.54 Å². The Morgan fingerprint density at radius 2 is 2.05 bits per heavy atom. The number of rotatable bonds is 4.